The molecule has 130 valence electrons. The topological polar surface area (TPSA) is 72.5 Å². The van der Waals surface area contributed by atoms with Crippen molar-refractivity contribution in [3.05, 3.63) is 59.0 Å². The van der Waals surface area contributed by atoms with E-state index in [1.165, 1.54) is 6.07 Å². The molecule has 5 nitrogen and oxygen atoms in total. The van der Waals surface area contributed by atoms with E-state index in [2.05, 4.69) is 9.46 Å². The van der Waals surface area contributed by atoms with Crippen LogP contribution >= 0.6 is 11.3 Å². The van der Waals surface area contributed by atoms with Crippen molar-refractivity contribution in [1.29, 1.82) is 0 Å². The molecule has 0 radical (unpaired) electrons. The number of carbonyl (C=O) groups excluding carboxylic acids is 1. The molecule has 0 fully saturated rings. The van der Waals surface area contributed by atoms with Crippen LogP contribution in [0.2, 0.25) is 0 Å². The summed E-state index contributed by atoms with van der Waals surface area (Å²) in [4.78, 5) is 11.6. The maximum atomic E-state index is 13.8. The molecule has 0 spiro atoms. The number of hydrogen-bond acceptors (Lipinski definition) is 5. The molecule has 1 heterocycles. The predicted molar refractivity (Wildman–Crippen MR) is 90.3 cm³/mol. The third-order valence-electron chi connectivity index (χ3n) is 3.36. The smallest absolute Gasteiger partial charge is 0.349 e. The number of anilines is 1. The molecule has 0 unspecified atom stereocenters. The second-order valence-electron chi connectivity index (χ2n) is 4.98. The van der Waals surface area contributed by atoms with Gasteiger partial charge in [-0.2, -0.15) is 0 Å². The molecule has 9 heteroatoms. The molecule has 0 amide bonds. The number of benzene rings is 2. The number of carbonyl (C=O) groups is 1. The molecular formula is C16H11F2NO4S2. The largest absolute Gasteiger partial charge is 0.465 e. The summed E-state index contributed by atoms with van der Waals surface area (Å²) >= 11 is 0.953. The van der Waals surface area contributed by atoms with Gasteiger partial charge in [0.15, 0.2) is 0 Å². The van der Waals surface area contributed by atoms with E-state index in [4.69, 9.17) is 0 Å². The first kappa shape index (κ1) is 17.3. The third kappa shape index (κ3) is 3.20. The maximum absolute atomic E-state index is 13.8. The predicted octanol–water partition coefficient (Wildman–Crippen LogP) is 3.77. The van der Waals surface area contributed by atoms with Gasteiger partial charge >= 0.3 is 5.97 Å². The highest BCUT2D eigenvalue weighted by Gasteiger charge is 2.29. The van der Waals surface area contributed by atoms with Gasteiger partial charge in [-0.25, -0.2) is 22.0 Å². The highest BCUT2D eigenvalue weighted by molar-refractivity contribution is 7.93. The molecule has 2 aromatic carbocycles. The van der Waals surface area contributed by atoms with Crippen LogP contribution in [0.15, 0.2) is 47.4 Å². The fourth-order valence-electron chi connectivity index (χ4n) is 2.28. The van der Waals surface area contributed by atoms with Gasteiger partial charge in [0, 0.05) is 16.2 Å². The van der Waals surface area contributed by atoms with E-state index in [0.717, 1.165) is 30.6 Å². The Balaban J connectivity index is 2.18. The van der Waals surface area contributed by atoms with Crippen molar-refractivity contribution in [1.82, 2.24) is 0 Å². The van der Waals surface area contributed by atoms with Gasteiger partial charge in [0.2, 0.25) is 0 Å². The summed E-state index contributed by atoms with van der Waals surface area (Å²) in [6.07, 6.45) is 0. The van der Waals surface area contributed by atoms with E-state index >= 15 is 0 Å². The van der Waals surface area contributed by atoms with E-state index in [9.17, 15) is 22.0 Å². The Morgan fingerprint density at radius 2 is 1.88 bits per heavy atom. The first-order valence-electron chi connectivity index (χ1n) is 6.91. The fourth-order valence-corrected chi connectivity index (χ4v) is 5.17. The minimum Gasteiger partial charge on any atom is -0.465 e. The monoisotopic (exact) mass is 383 g/mol. The first-order chi connectivity index (χ1) is 11.8. The van der Waals surface area contributed by atoms with E-state index in [1.54, 1.807) is 18.2 Å². The molecule has 1 N–H and O–H groups in total. The van der Waals surface area contributed by atoms with Gasteiger partial charge in [-0.1, -0.05) is 18.2 Å². The van der Waals surface area contributed by atoms with E-state index in [0.29, 0.717) is 16.2 Å². The number of methoxy groups -OCH3 is 1. The van der Waals surface area contributed by atoms with Gasteiger partial charge in [-0.15, -0.1) is 11.3 Å². The Morgan fingerprint density at radius 1 is 1.16 bits per heavy atom. The summed E-state index contributed by atoms with van der Waals surface area (Å²) in [6, 6.07) is 8.96. The summed E-state index contributed by atoms with van der Waals surface area (Å²) in [6.45, 7) is 0. The van der Waals surface area contributed by atoms with Gasteiger partial charge in [0.05, 0.1) is 12.8 Å². The number of ether oxygens (including phenoxy) is 1. The van der Waals surface area contributed by atoms with E-state index in [-0.39, 0.29) is 9.77 Å². The highest BCUT2D eigenvalue weighted by atomic mass is 32.2. The number of rotatable bonds is 4. The van der Waals surface area contributed by atoms with Crippen LogP contribution < -0.4 is 4.72 Å². The molecule has 0 bridgehead atoms. The van der Waals surface area contributed by atoms with Crippen molar-refractivity contribution < 1.29 is 26.7 Å². The van der Waals surface area contributed by atoms with Crippen molar-refractivity contribution >= 4 is 43.1 Å². The molecular weight excluding hydrogens is 372 g/mol. The molecule has 0 saturated carbocycles. The molecule has 0 aliphatic heterocycles. The van der Waals surface area contributed by atoms with Crippen molar-refractivity contribution in [2.24, 2.45) is 0 Å². The van der Waals surface area contributed by atoms with Gasteiger partial charge in [-0.05, 0) is 18.2 Å². The zero-order valence-electron chi connectivity index (χ0n) is 12.7. The highest BCUT2D eigenvalue weighted by Crippen LogP contribution is 2.36. The Hall–Kier alpha value is -2.52. The zero-order valence-corrected chi connectivity index (χ0v) is 14.4. The normalized spacial score (nSPS) is 11.5. The van der Waals surface area contributed by atoms with E-state index in [1.807, 2.05) is 0 Å². The fraction of sp³-hybridized carbons (Fsp3) is 0.0625. The maximum Gasteiger partial charge on any atom is 0.349 e. The van der Waals surface area contributed by atoms with Gasteiger partial charge in [-0.3, -0.25) is 4.72 Å². The molecule has 3 rings (SSSR count). The molecule has 0 aliphatic carbocycles. The molecule has 0 saturated heterocycles. The minimum absolute atomic E-state index is 0.126. The zero-order chi connectivity index (χ0) is 18.2. The van der Waals surface area contributed by atoms with E-state index < -0.39 is 33.3 Å². The number of nitrogens with one attached hydrogen (secondary N) is 1. The minimum atomic E-state index is -4.32. The SMILES string of the molecule is COC(=O)c1sc2ccccc2c1S(=O)(=O)Nc1ccc(F)cc1F. The molecule has 25 heavy (non-hydrogen) atoms. The Bertz CT molecular complexity index is 1080. The van der Waals surface area contributed by atoms with Crippen LogP contribution in [0.4, 0.5) is 14.5 Å². The number of halogens is 2. The molecule has 0 atom stereocenters. The van der Waals surface area contributed by atoms with Crippen LogP contribution in [-0.2, 0) is 14.8 Å². The lowest BCUT2D eigenvalue weighted by molar-refractivity contribution is 0.0602. The number of fused-ring (bicyclic) bond motifs is 1. The Labute approximate surface area is 145 Å². The second kappa shape index (κ2) is 6.41. The summed E-state index contributed by atoms with van der Waals surface area (Å²) in [5.74, 6) is -2.72. The van der Waals surface area contributed by atoms with Gasteiger partial charge < -0.3 is 4.74 Å². The lowest BCUT2D eigenvalue weighted by Gasteiger charge is -2.10. The van der Waals surface area contributed by atoms with Crippen molar-refractivity contribution in [3.8, 4) is 0 Å². The van der Waals surface area contributed by atoms with Crippen LogP contribution in [0.1, 0.15) is 9.67 Å². The van der Waals surface area contributed by atoms with Gasteiger partial charge in [0.25, 0.3) is 10.0 Å². The summed E-state index contributed by atoms with van der Waals surface area (Å²) in [5.41, 5.74) is -0.424. The van der Waals surface area contributed by atoms with Crippen LogP contribution in [0, 0.1) is 11.6 Å². The van der Waals surface area contributed by atoms with Crippen molar-refractivity contribution in [2.75, 3.05) is 11.8 Å². The lowest BCUT2D eigenvalue weighted by atomic mass is 10.2. The third-order valence-corrected chi connectivity index (χ3v) is 6.10. The summed E-state index contributed by atoms with van der Waals surface area (Å²) in [5, 5.41) is 0.308. The van der Waals surface area contributed by atoms with Crippen molar-refractivity contribution in [2.45, 2.75) is 4.90 Å². The Morgan fingerprint density at radius 3 is 2.56 bits per heavy atom. The average Bonchev–Trinajstić information content (AvgIpc) is 2.97. The number of hydrogen-bond donors (Lipinski definition) is 1. The molecule has 0 aliphatic rings. The standard InChI is InChI=1S/C16H11F2NO4S2/c1-23-16(20)14-15(10-4-2-3-5-13(10)24-14)25(21,22)19-12-7-6-9(17)8-11(12)18/h2-8,19H,1H3. The van der Waals surface area contributed by atoms with Crippen LogP contribution in [0.5, 0.6) is 0 Å². The average molecular weight is 383 g/mol. The number of thiophene rings is 1. The first-order valence-corrected chi connectivity index (χ1v) is 9.21. The van der Waals surface area contributed by atoms with Crippen molar-refractivity contribution in [3.63, 3.8) is 0 Å². The summed E-state index contributed by atoms with van der Waals surface area (Å²) in [7, 11) is -3.19. The molecule has 3 aromatic rings. The van der Waals surface area contributed by atoms with Crippen LogP contribution in [0.3, 0.4) is 0 Å². The lowest BCUT2D eigenvalue weighted by Crippen LogP contribution is -2.17. The second-order valence-corrected chi connectivity index (χ2v) is 7.65. The van der Waals surface area contributed by atoms with Crippen LogP contribution in [0.25, 0.3) is 10.1 Å². The Kier molecular flexibility index (Phi) is 4.44. The van der Waals surface area contributed by atoms with Crippen LogP contribution in [-0.4, -0.2) is 21.5 Å². The number of esters is 1. The molecule has 1 aromatic heterocycles. The summed E-state index contributed by atoms with van der Waals surface area (Å²) < 4.78 is 59.6. The van der Waals surface area contributed by atoms with Gasteiger partial charge in [0.1, 0.15) is 21.4 Å². The quantitative estimate of drug-likeness (QED) is 0.696. The number of sulfonamides is 1.